The van der Waals surface area contributed by atoms with Gasteiger partial charge in [0.25, 0.3) is 0 Å². The van der Waals surface area contributed by atoms with Crippen LogP contribution in [0.25, 0.3) is 0 Å². The summed E-state index contributed by atoms with van der Waals surface area (Å²) in [4.78, 5) is 16.1. The molecule has 1 aromatic heterocycles. The van der Waals surface area contributed by atoms with Gasteiger partial charge in [-0.2, -0.15) is 0 Å². The summed E-state index contributed by atoms with van der Waals surface area (Å²) in [6.07, 6.45) is 0. The van der Waals surface area contributed by atoms with Gasteiger partial charge in [-0.25, -0.2) is 9.78 Å². The second kappa shape index (κ2) is 4.89. The average Bonchev–Trinajstić information content (AvgIpc) is 3.03. The molecule has 1 aliphatic heterocycles. The van der Waals surface area contributed by atoms with Crippen molar-refractivity contribution in [2.45, 2.75) is 13.5 Å². The molecule has 0 saturated carbocycles. The molecule has 2 aromatic rings. The lowest BCUT2D eigenvalue weighted by Gasteiger charge is -2.03. The first-order valence-corrected chi connectivity index (χ1v) is 6.58. The van der Waals surface area contributed by atoms with E-state index in [1.54, 1.807) is 18.2 Å². The number of thiazole rings is 1. The minimum absolute atomic E-state index is 0.178. The minimum atomic E-state index is -0.399. The predicted molar refractivity (Wildman–Crippen MR) is 68.5 cm³/mol. The fourth-order valence-corrected chi connectivity index (χ4v) is 2.32. The van der Waals surface area contributed by atoms with E-state index in [9.17, 15) is 4.79 Å². The number of benzene rings is 1. The predicted octanol–water partition coefficient (Wildman–Crippen LogP) is 2.54. The van der Waals surface area contributed by atoms with E-state index < -0.39 is 5.97 Å². The van der Waals surface area contributed by atoms with Crippen LogP contribution in [0.15, 0.2) is 23.6 Å². The van der Waals surface area contributed by atoms with Gasteiger partial charge < -0.3 is 14.2 Å². The van der Waals surface area contributed by atoms with Gasteiger partial charge in [-0.15, -0.1) is 11.3 Å². The van der Waals surface area contributed by atoms with E-state index in [0.29, 0.717) is 17.1 Å². The van der Waals surface area contributed by atoms with Crippen LogP contribution in [0.2, 0.25) is 0 Å². The maximum Gasteiger partial charge on any atom is 0.338 e. The van der Waals surface area contributed by atoms with E-state index in [-0.39, 0.29) is 13.4 Å². The van der Waals surface area contributed by atoms with Crippen molar-refractivity contribution in [2.75, 3.05) is 6.79 Å². The number of hydrogen-bond acceptors (Lipinski definition) is 6. The summed E-state index contributed by atoms with van der Waals surface area (Å²) < 4.78 is 15.6. The number of fused-ring (bicyclic) bond motifs is 1. The first-order valence-electron chi connectivity index (χ1n) is 5.70. The van der Waals surface area contributed by atoms with Crippen LogP contribution in [-0.4, -0.2) is 17.7 Å². The molecule has 0 saturated heterocycles. The molecule has 0 amide bonds. The van der Waals surface area contributed by atoms with Crippen molar-refractivity contribution in [2.24, 2.45) is 0 Å². The smallest absolute Gasteiger partial charge is 0.338 e. The second-order valence-corrected chi connectivity index (χ2v) is 5.06. The van der Waals surface area contributed by atoms with Crippen molar-refractivity contribution in [3.05, 3.63) is 39.8 Å². The first-order chi connectivity index (χ1) is 9.22. The van der Waals surface area contributed by atoms with Crippen molar-refractivity contribution >= 4 is 17.3 Å². The lowest BCUT2D eigenvalue weighted by atomic mass is 10.2. The normalized spacial score (nSPS) is 12.5. The number of nitrogens with zero attached hydrogens (tertiary/aromatic N) is 1. The Kier molecular flexibility index (Phi) is 3.08. The first kappa shape index (κ1) is 12.0. The fourth-order valence-electron chi connectivity index (χ4n) is 1.72. The summed E-state index contributed by atoms with van der Waals surface area (Å²) in [6, 6.07) is 4.98. The Balaban J connectivity index is 1.67. The topological polar surface area (TPSA) is 57.7 Å². The number of carbonyl (C=O) groups is 1. The quantitative estimate of drug-likeness (QED) is 0.807. The summed E-state index contributed by atoms with van der Waals surface area (Å²) in [5, 5.41) is 2.83. The van der Waals surface area contributed by atoms with Gasteiger partial charge >= 0.3 is 5.97 Å². The second-order valence-electron chi connectivity index (χ2n) is 4.00. The van der Waals surface area contributed by atoms with Gasteiger partial charge in [-0.05, 0) is 25.1 Å². The number of rotatable bonds is 3. The third kappa shape index (κ3) is 2.53. The van der Waals surface area contributed by atoms with Crippen LogP contribution in [0, 0.1) is 6.92 Å². The molecule has 6 heteroatoms. The molecule has 0 atom stereocenters. The van der Waals surface area contributed by atoms with Gasteiger partial charge in [0.15, 0.2) is 11.5 Å². The maximum absolute atomic E-state index is 11.9. The molecular formula is C13H11NO4S. The average molecular weight is 277 g/mol. The van der Waals surface area contributed by atoms with Crippen molar-refractivity contribution in [1.29, 1.82) is 0 Å². The molecule has 98 valence electrons. The van der Waals surface area contributed by atoms with Crippen molar-refractivity contribution < 1.29 is 19.0 Å². The molecule has 5 nitrogen and oxygen atoms in total. The minimum Gasteiger partial charge on any atom is -0.456 e. The summed E-state index contributed by atoms with van der Waals surface area (Å²) >= 11 is 1.53. The zero-order chi connectivity index (χ0) is 13.2. The standard InChI is InChI=1S/C13H11NO4S/c1-8-14-10(6-19-8)5-16-13(15)9-2-3-11-12(4-9)18-7-17-11/h2-4,6H,5,7H2,1H3. The van der Waals surface area contributed by atoms with Gasteiger partial charge in [0, 0.05) is 5.38 Å². The maximum atomic E-state index is 11.9. The van der Waals surface area contributed by atoms with E-state index >= 15 is 0 Å². The van der Waals surface area contributed by atoms with Crippen molar-refractivity contribution in [1.82, 2.24) is 4.98 Å². The van der Waals surface area contributed by atoms with Crippen LogP contribution in [0.3, 0.4) is 0 Å². The lowest BCUT2D eigenvalue weighted by Crippen LogP contribution is -2.05. The van der Waals surface area contributed by atoms with Crippen LogP contribution < -0.4 is 9.47 Å². The highest BCUT2D eigenvalue weighted by Gasteiger charge is 2.17. The Labute approximate surface area is 113 Å². The zero-order valence-electron chi connectivity index (χ0n) is 10.2. The lowest BCUT2D eigenvalue weighted by molar-refractivity contribution is 0.0468. The Morgan fingerprint density at radius 2 is 2.26 bits per heavy atom. The van der Waals surface area contributed by atoms with Crippen LogP contribution in [0.5, 0.6) is 11.5 Å². The van der Waals surface area contributed by atoms with Gasteiger partial charge in [0.05, 0.1) is 16.3 Å². The molecule has 2 heterocycles. The molecule has 1 aromatic carbocycles. The Bertz CT molecular complexity index is 623. The monoisotopic (exact) mass is 277 g/mol. The fraction of sp³-hybridized carbons (Fsp3) is 0.231. The number of hydrogen-bond donors (Lipinski definition) is 0. The molecule has 0 bridgehead atoms. The highest BCUT2D eigenvalue weighted by molar-refractivity contribution is 7.09. The third-order valence-corrected chi connectivity index (χ3v) is 3.45. The number of carbonyl (C=O) groups excluding carboxylic acids is 1. The Morgan fingerprint density at radius 1 is 1.42 bits per heavy atom. The van der Waals surface area contributed by atoms with E-state index in [0.717, 1.165) is 10.7 Å². The van der Waals surface area contributed by atoms with Gasteiger partial charge in [0.2, 0.25) is 6.79 Å². The van der Waals surface area contributed by atoms with E-state index in [1.807, 2.05) is 12.3 Å². The molecule has 0 N–H and O–H groups in total. The number of aromatic nitrogens is 1. The van der Waals surface area contributed by atoms with Crippen LogP contribution in [0.4, 0.5) is 0 Å². The van der Waals surface area contributed by atoms with E-state index in [1.165, 1.54) is 11.3 Å². The molecule has 0 aliphatic carbocycles. The van der Waals surface area contributed by atoms with Gasteiger partial charge in [-0.1, -0.05) is 0 Å². The van der Waals surface area contributed by atoms with Crippen molar-refractivity contribution in [3.63, 3.8) is 0 Å². The zero-order valence-corrected chi connectivity index (χ0v) is 11.0. The molecule has 0 fully saturated rings. The van der Waals surface area contributed by atoms with Gasteiger partial charge in [0.1, 0.15) is 6.61 Å². The SMILES string of the molecule is Cc1nc(COC(=O)c2ccc3c(c2)OCO3)cs1. The summed E-state index contributed by atoms with van der Waals surface area (Å²) in [6.45, 7) is 2.28. The highest BCUT2D eigenvalue weighted by Crippen LogP contribution is 2.32. The molecule has 19 heavy (non-hydrogen) atoms. The van der Waals surface area contributed by atoms with E-state index in [2.05, 4.69) is 4.98 Å². The summed E-state index contributed by atoms with van der Waals surface area (Å²) in [5.41, 5.74) is 1.20. The van der Waals surface area contributed by atoms with Gasteiger partial charge in [-0.3, -0.25) is 0 Å². The Hall–Kier alpha value is -2.08. The number of ether oxygens (including phenoxy) is 3. The van der Waals surface area contributed by atoms with E-state index in [4.69, 9.17) is 14.2 Å². The largest absolute Gasteiger partial charge is 0.456 e. The molecule has 1 aliphatic rings. The molecule has 0 spiro atoms. The number of esters is 1. The van der Waals surface area contributed by atoms with Crippen LogP contribution >= 0.6 is 11.3 Å². The highest BCUT2D eigenvalue weighted by atomic mass is 32.1. The van der Waals surface area contributed by atoms with Crippen LogP contribution in [0.1, 0.15) is 21.1 Å². The Morgan fingerprint density at radius 3 is 3.05 bits per heavy atom. The summed E-state index contributed by atoms with van der Waals surface area (Å²) in [5.74, 6) is 0.814. The van der Waals surface area contributed by atoms with Crippen molar-refractivity contribution in [3.8, 4) is 11.5 Å². The third-order valence-electron chi connectivity index (χ3n) is 2.63. The molecule has 0 unspecified atom stereocenters. The number of aryl methyl sites for hydroxylation is 1. The molecular weight excluding hydrogens is 266 g/mol. The molecule has 0 radical (unpaired) electrons. The van der Waals surface area contributed by atoms with Crippen LogP contribution in [-0.2, 0) is 11.3 Å². The molecule has 3 rings (SSSR count). The summed E-state index contributed by atoms with van der Waals surface area (Å²) in [7, 11) is 0.